The molecule has 2 nitrogen and oxygen atoms in total. The van der Waals surface area contributed by atoms with Crippen molar-refractivity contribution < 1.29 is 0 Å². The Bertz CT molecular complexity index is 358. The number of nitrogens with one attached hydrogen (secondary N) is 1. The van der Waals surface area contributed by atoms with E-state index in [1.807, 2.05) is 0 Å². The highest BCUT2D eigenvalue weighted by atomic mass is 15.2. The highest BCUT2D eigenvalue weighted by Gasteiger charge is 2.16. The van der Waals surface area contributed by atoms with Crippen molar-refractivity contribution in [3.8, 4) is 0 Å². The summed E-state index contributed by atoms with van der Waals surface area (Å²) in [5, 5.41) is 3.55. The summed E-state index contributed by atoms with van der Waals surface area (Å²) in [4.78, 5) is 2.65. The summed E-state index contributed by atoms with van der Waals surface area (Å²) in [6.45, 7) is 9.18. The third kappa shape index (κ3) is 4.96. The van der Waals surface area contributed by atoms with Gasteiger partial charge in [0.2, 0.25) is 0 Å². The Morgan fingerprint density at radius 1 is 1.21 bits per heavy atom. The fourth-order valence-corrected chi connectivity index (χ4v) is 2.84. The topological polar surface area (TPSA) is 15.3 Å². The number of likely N-dealkylation sites (tertiary alicyclic amines) is 1. The third-order valence-corrected chi connectivity index (χ3v) is 4.19. The Hall–Kier alpha value is -0.860. The van der Waals surface area contributed by atoms with E-state index in [1.165, 1.54) is 49.9 Å². The van der Waals surface area contributed by atoms with E-state index in [0.717, 1.165) is 19.1 Å². The summed E-state index contributed by atoms with van der Waals surface area (Å²) < 4.78 is 0. The lowest BCUT2D eigenvalue weighted by molar-refractivity contribution is 0.159. The van der Waals surface area contributed by atoms with E-state index >= 15 is 0 Å². The number of nitrogens with zero attached hydrogens (tertiary/aromatic N) is 1. The highest BCUT2D eigenvalue weighted by molar-refractivity contribution is 5.20. The van der Waals surface area contributed by atoms with Gasteiger partial charge >= 0.3 is 0 Å². The molecule has 2 rings (SSSR count). The largest absolute Gasteiger partial charge is 0.313 e. The lowest BCUT2D eigenvalue weighted by Crippen LogP contribution is -2.38. The minimum atomic E-state index is 0.797. The molecule has 1 aliphatic heterocycles. The molecular formula is C17H28N2. The van der Waals surface area contributed by atoms with Gasteiger partial charge in [-0.15, -0.1) is 0 Å². The molecule has 1 aromatic carbocycles. The quantitative estimate of drug-likeness (QED) is 0.789. The molecule has 1 aliphatic rings. The first-order chi connectivity index (χ1) is 9.25. The van der Waals surface area contributed by atoms with Gasteiger partial charge in [0.25, 0.3) is 0 Å². The maximum absolute atomic E-state index is 3.55. The fraction of sp³-hybridized carbons (Fsp3) is 0.647. The number of hydrogen-bond donors (Lipinski definition) is 1. The van der Waals surface area contributed by atoms with E-state index in [2.05, 4.69) is 48.3 Å². The van der Waals surface area contributed by atoms with Gasteiger partial charge in [-0.1, -0.05) is 36.2 Å². The summed E-state index contributed by atoms with van der Waals surface area (Å²) in [5.74, 6) is 0. The van der Waals surface area contributed by atoms with Crippen LogP contribution in [0.3, 0.4) is 0 Å². The van der Waals surface area contributed by atoms with Gasteiger partial charge in [0, 0.05) is 12.6 Å². The molecule has 1 heterocycles. The lowest BCUT2D eigenvalue weighted by atomic mass is 10.0. The zero-order valence-corrected chi connectivity index (χ0v) is 12.5. The van der Waals surface area contributed by atoms with E-state index < -0.39 is 0 Å². The van der Waals surface area contributed by atoms with Crippen molar-refractivity contribution in [1.29, 1.82) is 0 Å². The van der Waals surface area contributed by atoms with Gasteiger partial charge in [-0.3, -0.25) is 0 Å². The van der Waals surface area contributed by atoms with Crippen LogP contribution in [0.2, 0.25) is 0 Å². The van der Waals surface area contributed by atoms with Gasteiger partial charge in [-0.25, -0.2) is 0 Å². The van der Waals surface area contributed by atoms with E-state index in [-0.39, 0.29) is 0 Å². The molecule has 0 amide bonds. The Balaban J connectivity index is 1.58. The number of hydrogen-bond acceptors (Lipinski definition) is 2. The molecule has 1 unspecified atom stereocenters. The van der Waals surface area contributed by atoms with Crippen LogP contribution in [-0.4, -0.2) is 30.6 Å². The molecular weight excluding hydrogens is 232 g/mol. The Kier molecular flexibility index (Phi) is 5.87. The van der Waals surface area contributed by atoms with Crippen molar-refractivity contribution in [2.24, 2.45) is 0 Å². The Labute approximate surface area is 118 Å². The average Bonchev–Trinajstić information content (AvgIpc) is 2.42. The average molecular weight is 260 g/mol. The maximum Gasteiger partial charge on any atom is 0.0205 e. The van der Waals surface area contributed by atoms with Crippen LogP contribution >= 0.6 is 0 Å². The minimum Gasteiger partial charge on any atom is -0.313 e. The molecule has 1 atom stereocenters. The number of benzene rings is 1. The van der Waals surface area contributed by atoms with Crippen LogP contribution in [0.25, 0.3) is 0 Å². The number of piperidine rings is 1. The molecule has 0 saturated carbocycles. The molecule has 0 bridgehead atoms. The molecule has 0 spiro atoms. The third-order valence-electron chi connectivity index (χ3n) is 4.19. The normalized spacial score (nSPS) is 20.6. The van der Waals surface area contributed by atoms with Crippen molar-refractivity contribution in [3.05, 3.63) is 35.4 Å². The van der Waals surface area contributed by atoms with Crippen molar-refractivity contribution in [2.45, 2.75) is 52.1 Å². The second-order valence-electron chi connectivity index (χ2n) is 5.90. The maximum atomic E-state index is 3.55. The molecule has 2 heteroatoms. The SMILES string of the molecule is Cc1ccc(CNCCCN2CCCCC2C)cc1. The number of aryl methyl sites for hydroxylation is 1. The van der Waals surface area contributed by atoms with E-state index in [9.17, 15) is 0 Å². The molecule has 0 radical (unpaired) electrons. The molecule has 1 N–H and O–H groups in total. The van der Waals surface area contributed by atoms with Crippen LogP contribution < -0.4 is 5.32 Å². The monoisotopic (exact) mass is 260 g/mol. The predicted octanol–water partition coefficient (Wildman–Crippen LogP) is 3.35. The van der Waals surface area contributed by atoms with Crippen molar-refractivity contribution >= 4 is 0 Å². The summed E-state index contributed by atoms with van der Waals surface area (Å²) in [7, 11) is 0. The smallest absolute Gasteiger partial charge is 0.0205 e. The molecule has 106 valence electrons. The van der Waals surface area contributed by atoms with E-state index in [1.54, 1.807) is 0 Å². The molecule has 0 aromatic heterocycles. The molecule has 1 fully saturated rings. The van der Waals surface area contributed by atoms with Crippen LogP contribution in [0.15, 0.2) is 24.3 Å². The second-order valence-corrected chi connectivity index (χ2v) is 5.90. The first kappa shape index (κ1) is 14.5. The fourth-order valence-electron chi connectivity index (χ4n) is 2.84. The summed E-state index contributed by atoms with van der Waals surface area (Å²) in [6.07, 6.45) is 5.46. The molecule has 19 heavy (non-hydrogen) atoms. The van der Waals surface area contributed by atoms with Gasteiger partial charge in [0.15, 0.2) is 0 Å². The van der Waals surface area contributed by atoms with E-state index in [0.29, 0.717) is 0 Å². The highest BCUT2D eigenvalue weighted by Crippen LogP contribution is 2.16. The van der Waals surface area contributed by atoms with Crippen LogP contribution in [0.4, 0.5) is 0 Å². The van der Waals surface area contributed by atoms with Crippen LogP contribution in [0.5, 0.6) is 0 Å². The minimum absolute atomic E-state index is 0.797. The lowest BCUT2D eigenvalue weighted by Gasteiger charge is -2.33. The van der Waals surface area contributed by atoms with Gasteiger partial charge in [-0.05, 0) is 58.3 Å². The molecule has 1 saturated heterocycles. The molecule has 1 aromatic rings. The van der Waals surface area contributed by atoms with Crippen molar-refractivity contribution in [2.75, 3.05) is 19.6 Å². The van der Waals surface area contributed by atoms with Crippen LogP contribution in [-0.2, 0) is 6.54 Å². The Morgan fingerprint density at radius 2 is 2.00 bits per heavy atom. The zero-order valence-electron chi connectivity index (χ0n) is 12.5. The summed E-state index contributed by atoms with van der Waals surface area (Å²) in [6, 6.07) is 9.61. The van der Waals surface area contributed by atoms with Gasteiger partial charge in [0.1, 0.15) is 0 Å². The van der Waals surface area contributed by atoms with Gasteiger partial charge in [-0.2, -0.15) is 0 Å². The van der Waals surface area contributed by atoms with Crippen LogP contribution in [0, 0.1) is 6.92 Å². The summed E-state index contributed by atoms with van der Waals surface area (Å²) >= 11 is 0. The Morgan fingerprint density at radius 3 is 2.74 bits per heavy atom. The zero-order chi connectivity index (χ0) is 13.5. The van der Waals surface area contributed by atoms with Crippen LogP contribution in [0.1, 0.15) is 43.7 Å². The van der Waals surface area contributed by atoms with Gasteiger partial charge in [0.05, 0.1) is 0 Å². The summed E-state index contributed by atoms with van der Waals surface area (Å²) in [5.41, 5.74) is 2.72. The van der Waals surface area contributed by atoms with Gasteiger partial charge < -0.3 is 10.2 Å². The second kappa shape index (κ2) is 7.66. The molecule has 0 aliphatic carbocycles. The van der Waals surface area contributed by atoms with E-state index in [4.69, 9.17) is 0 Å². The standard InChI is InChI=1S/C17H28N2/c1-15-7-9-17(10-8-15)14-18-11-5-13-19-12-4-3-6-16(19)2/h7-10,16,18H,3-6,11-14H2,1-2H3. The first-order valence-corrected chi connectivity index (χ1v) is 7.76. The van der Waals surface area contributed by atoms with Crippen molar-refractivity contribution in [1.82, 2.24) is 10.2 Å². The predicted molar refractivity (Wildman–Crippen MR) is 82.4 cm³/mol. The number of rotatable bonds is 6. The first-order valence-electron chi connectivity index (χ1n) is 7.76. The van der Waals surface area contributed by atoms with Crippen molar-refractivity contribution in [3.63, 3.8) is 0 Å².